The molecule has 17 heavy (non-hydrogen) atoms. The van der Waals surface area contributed by atoms with Gasteiger partial charge in [-0.05, 0) is 6.92 Å². The number of nitrogens with zero attached hydrogens (tertiary/aromatic N) is 2. The van der Waals surface area contributed by atoms with Gasteiger partial charge in [-0.2, -0.15) is 0 Å². The summed E-state index contributed by atoms with van der Waals surface area (Å²) in [4.78, 5) is 5.80. The molecule has 0 radical (unpaired) electrons. The molecule has 0 aliphatic heterocycles. The van der Waals surface area contributed by atoms with E-state index in [0.717, 1.165) is 12.3 Å². The Balaban J connectivity index is 2.90. The molecule has 6 heteroatoms. The Morgan fingerprint density at radius 1 is 1.59 bits per heavy atom. The molecule has 1 aromatic rings. The van der Waals surface area contributed by atoms with E-state index in [9.17, 15) is 8.78 Å². The molecule has 0 amide bonds. The fraction of sp³-hybridized carbons (Fsp3) is 0.455. The van der Waals surface area contributed by atoms with Gasteiger partial charge in [-0.1, -0.05) is 19.1 Å². The lowest BCUT2D eigenvalue weighted by Crippen LogP contribution is -2.35. The smallest absolute Gasteiger partial charge is 0.168 e. The fourth-order valence-corrected chi connectivity index (χ4v) is 1.50. The van der Waals surface area contributed by atoms with Gasteiger partial charge in [0.05, 0.1) is 11.2 Å². The fourth-order valence-electron chi connectivity index (χ4n) is 1.43. The number of hydrogen-bond acceptors (Lipinski definition) is 3. The number of nitrogens with two attached hydrogens (primary N) is 1. The van der Waals surface area contributed by atoms with Crippen molar-refractivity contribution in [1.29, 1.82) is 0 Å². The summed E-state index contributed by atoms with van der Waals surface area (Å²) in [6.07, 6.45) is 0.993. The molecular formula is C11H15F2N3S. The number of thiocarbonyl (C=S) groups is 1. The average molecular weight is 259 g/mol. The maximum atomic E-state index is 13.5. The molecule has 1 atom stereocenters. The van der Waals surface area contributed by atoms with Crippen molar-refractivity contribution in [1.82, 2.24) is 4.98 Å². The molecule has 0 aliphatic carbocycles. The van der Waals surface area contributed by atoms with Crippen molar-refractivity contribution >= 4 is 23.0 Å². The number of aromatic nitrogens is 1. The van der Waals surface area contributed by atoms with E-state index < -0.39 is 11.6 Å². The molecule has 1 aromatic heterocycles. The summed E-state index contributed by atoms with van der Waals surface area (Å²) in [6, 6.07) is 0.816. The van der Waals surface area contributed by atoms with E-state index in [-0.39, 0.29) is 11.7 Å². The number of halogens is 2. The van der Waals surface area contributed by atoms with E-state index in [1.54, 1.807) is 4.90 Å². The third kappa shape index (κ3) is 3.59. The highest BCUT2D eigenvalue weighted by Crippen LogP contribution is 2.17. The molecule has 0 aliphatic rings. The third-order valence-corrected chi connectivity index (χ3v) is 2.85. The van der Waals surface area contributed by atoms with Crippen LogP contribution in [-0.2, 0) is 0 Å². The van der Waals surface area contributed by atoms with Gasteiger partial charge in [-0.15, -0.1) is 0 Å². The van der Waals surface area contributed by atoms with Crippen LogP contribution in [0.15, 0.2) is 12.3 Å². The zero-order valence-corrected chi connectivity index (χ0v) is 10.6. The van der Waals surface area contributed by atoms with Gasteiger partial charge in [-0.25, -0.2) is 13.8 Å². The normalized spacial score (nSPS) is 12.2. The van der Waals surface area contributed by atoms with Crippen molar-refractivity contribution in [2.45, 2.75) is 13.8 Å². The lowest BCUT2D eigenvalue weighted by atomic mass is 10.1. The monoisotopic (exact) mass is 259 g/mol. The first-order valence-corrected chi connectivity index (χ1v) is 5.71. The van der Waals surface area contributed by atoms with E-state index in [4.69, 9.17) is 18.0 Å². The van der Waals surface area contributed by atoms with Gasteiger partial charge < -0.3 is 10.6 Å². The maximum absolute atomic E-state index is 13.5. The highest BCUT2D eigenvalue weighted by atomic mass is 32.1. The topological polar surface area (TPSA) is 42.1 Å². The Labute approximate surface area is 105 Å². The summed E-state index contributed by atoms with van der Waals surface area (Å²) in [6.45, 7) is 4.72. The minimum absolute atomic E-state index is 0.0591. The second-order valence-corrected chi connectivity index (χ2v) is 4.27. The first kappa shape index (κ1) is 13.8. The summed E-state index contributed by atoms with van der Waals surface area (Å²) >= 11 is 4.87. The van der Waals surface area contributed by atoms with Crippen LogP contribution in [0.1, 0.15) is 13.8 Å². The van der Waals surface area contributed by atoms with Crippen LogP contribution in [0.3, 0.4) is 0 Å². The Bertz CT molecular complexity index is 412. The Kier molecular flexibility index (Phi) is 4.74. The Morgan fingerprint density at radius 3 is 2.71 bits per heavy atom. The summed E-state index contributed by atoms with van der Waals surface area (Å²) in [5.41, 5.74) is 5.51. The van der Waals surface area contributed by atoms with Crippen molar-refractivity contribution in [3.05, 3.63) is 23.9 Å². The van der Waals surface area contributed by atoms with E-state index in [0.29, 0.717) is 18.1 Å². The number of pyridine rings is 1. The highest BCUT2D eigenvalue weighted by molar-refractivity contribution is 7.80. The lowest BCUT2D eigenvalue weighted by Gasteiger charge is -2.25. The predicted octanol–water partition coefficient (Wildman–Crippen LogP) is 2.11. The number of hydrogen-bond donors (Lipinski definition) is 1. The second-order valence-electron chi connectivity index (χ2n) is 3.80. The van der Waals surface area contributed by atoms with Gasteiger partial charge in [0.1, 0.15) is 5.82 Å². The van der Waals surface area contributed by atoms with Crippen LogP contribution in [0.25, 0.3) is 0 Å². The van der Waals surface area contributed by atoms with Crippen LogP contribution in [-0.4, -0.2) is 23.1 Å². The lowest BCUT2D eigenvalue weighted by molar-refractivity contribution is 0.563. The zero-order valence-electron chi connectivity index (χ0n) is 9.78. The van der Waals surface area contributed by atoms with E-state index in [2.05, 4.69) is 4.98 Å². The molecular weight excluding hydrogens is 244 g/mol. The molecule has 3 nitrogen and oxygen atoms in total. The second kappa shape index (κ2) is 5.86. The first-order valence-electron chi connectivity index (χ1n) is 5.31. The standard InChI is InChI=1S/C11H15F2N3S/c1-3-16(6-7(2)10(14)17)11-9(13)4-8(12)5-15-11/h4-5,7H,3,6H2,1-2H3,(H2,14,17). The summed E-state index contributed by atoms with van der Waals surface area (Å²) in [7, 11) is 0. The molecule has 0 fully saturated rings. The molecule has 0 spiro atoms. The molecule has 2 N–H and O–H groups in total. The van der Waals surface area contributed by atoms with Gasteiger partial charge >= 0.3 is 0 Å². The molecule has 1 heterocycles. The van der Waals surface area contributed by atoms with Crippen molar-refractivity contribution < 1.29 is 8.78 Å². The van der Waals surface area contributed by atoms with Crippen LogP contribution in [0.5, 0.6) is 0 Å². The first-order chi connectivity index (χ1) is 7.95. The van der Waals surface area contributed by atoms with Crippen molar-refractivity contribution in [2.24, 2.45) is 11.7 Å². The minimum Gasteiger partial charge on any atom is -0.393 e. The summed E-state index contributed by atoms with van der Waals surface area (Å²) in [5, 5.41) is 0. The SMILES string of the molecule is CCN(CC(C)C(N)=S)c1ncc(F)cc1F. The van der Waals surface area contributed by atoms with Crippen LogP contribution < -0.4 is 10.6 Å². The van der Waals surface area contributed by atoms with Crippen molar-refractivity contribution in [3.63, 3.8) is 0 Å². The molecule has 0 saturated carbocycles. The quantitative estimate of drug-likeness (QED) is 0.822. The van der Waals surface area contributed by atoms with Crippen LogP contribution in [0.4, 0.5) is 14.6 Å². The van der Waals surface area contributed by atoms with E-state index in [1.807, 2.05) is 13.8 Å². The van der Waals surface area contributed by atoms with Gasteiger partial charge in [0, 0.05) is 25.1 Å². The van der Waals surface area contributed by atoms with Crippen molar-refractivity contribution in [3.8, 4) is 0 Å². The molecule has 0 saturated heterocycles. The van der Waals surface area contributed by atoms with Crippen molar-refractivity contribution in [2.75, 3.05) is 18.0 Å². The molecule has 0 aromatic carbocycles. The maximum Gasteiger partial charge on any atom is 0.168 e. The van der Waals surface area contributed by atoms with E-state index >= 15 is 0 Å². The molecule has 0 bridgehead atoms. The minimum atomic E-state index is -0.690. The van der Waals surface area contributed by atoms with Gasteiger partial charge in [-0.3, -0.25) is 0 Å². The van der Waals surface area contributed by atoms with Crippen LogP contribution >= 0.6 is 12.2 Å². The van der Waals surface area contributed by atoms with Crippen LogP contribution in [0, 0.1) is 17.6 Å². The Hall–Kier alpha value is -1.30. The number of rotatable bonds is 5. The predicted molar refractivity (Wildman–Crippen MR) is 68.0 cm³/mol. The average Bonchev–Trinajstić information content (AvgIpc) is 2.26. The van der Waals surface area contributed by atoms with Gasteiger partial charge in [0.25, 0.3) is 0 Å². The largest absolute Gasteiger partial charge is 0.393 e. The zero-order chi connectivity index (χ0) is 13.0. The summed E-state index contributed by atoms with van der Waals surface area (Å²) in [5.74, 6) is -1.31. The van der Waals surface area contributed by atoms with Crippen LogP contribution in [0.2, 0.25) is 0 Å². The van der Waals surface area contributed by atoms with Gasteiger partial charge in [0.2, 0.25) is 0 Å². The highest BCUT2D eigenvalue weighted by Gasteiger charge is 2.16. The van der Waals surface area contributed by atoms with E-state index in [1.165, 1.54) is 0 Å². The molecule has 94 valence electrons. The number of anilines is 1. The molecule has 1 unspecified atom stereocenters. The molecule has 1 rings (SSSR count). The summed E-state index contributed by atoms with van der Waals surface area (Å²) < 4.78 is 26.3. The third-order valence-electron chi connectivity index (χ3n) is 2.45. The van der Waals surface area contributed by atoms with Gasteiger partial charge in [0.15, 0.2) is 11.6 Å². The Morgan fingerprint density at radius 2 is 2.24 bits per heavy atom.